The summed E-state index contributed by atoms with van der Waals surface area (Å²) in [5.41, 5.74) is -0.284. The van der Waals surface area contributed by atoms with Crippen molar-refractivity contribution in [2.75, 3.05) is 0 Å². The van der Waals surface area contributed by atoms with Crippen molar-refractivity contribution in [3.05, 3.63) is 0 Å². The summed E-state index contributed by atoms with van der Waals surface area (Å²) >= 11 is 0. The zero-order valence-corrected chi connectivity index (χ0v) is 11.3. The third-order valence-corrected chi connectivity index (χ3v) is 5.06. The first kappa shape index (κ1) is 13.4. The first-order valence-corrected chi connectivity index (χ1v) is 7.06. The van der Waals surface area contributed by atoms with Gasteiger partial charge in [-0.1, -0.05) is 13.8 Å². The molecule has 100 valence electrons. The first-order chi connectivity index (χ1) is 8.49. The SMILES string of the molecule is CCC(=O)CC[C@@H]1C(=O)CC[C@]2(C)C(=O)CCC12. The number of carbonyl (C=O) groups excluding carboxylic acids is 3. The maximum atomic E-state index is 12.1. The molecule has 0 amide bonds. The Hall–Kier alpha value is -0.990. The van der Waals surface area contributed by atoms with Crippen LogP contribution >= 0.6 is 0 Å². The molecule has 0 aliphatic heterocycles. The van der Waals surface area contributed by atoms with Gasteiger partial charge in [-0.2, -0.15) is 0 Å². The third-order valence-electron chi connectivity index (χ3n) is 5.06. The minimum absolute atomic E-state index is 0.0503. The van der Waals surface area contributed by atoms with Crippen LogP contribution in [0, 0.1) is 17.3 Å². The molecule has 2 aliphatic carbocycles. The minimum atomic E-state index is -0.284. The van der Waals surface area contributed by atoms with E-state index in [1.807, 2.05) is 13.8 Å². The number of rotatable bonds is 4. The van der Waals surface area contributed by atoms with Gasteiger partial charge in [0.2, 0.25) is 0 Å². The van der Waals surface area contributed by atoms with Crippen LogP contribution in [0.25, 0.3) is 0 Å². The summed E-state index contributed by atoms with van der Waals surface area (Å²) in [6.07, 6.45) is 4.38. The number of fused-ring (bicyclic) bond motifs is 1. The lowest BCUT2D eigenvalue weighted by Gasteiger charge is -2.39. The molecule has 3 atom stereocenters. The summed E-state index contributed by atoms with van der Waals surface area (Å²) in [4.78, 5) is 35.5. The zero-order valence-electron chi connectivity index (χ0n) is 11.3. The Morgan fingerprint density at radius 3 is 2.72 bits per heavy atom. The van der Waals surface area contributed by atoms with Crippen LogP contribution in [0.15, 0.2) is 0 Å². The predicted octanol–water partition coefficient (Wildman–Crippen LogP) is 2.71. The molecular weight excluding hydrogens is 228 g/mol. The number of hydrogen-bond acceptors (Lipinski definition) is 3. The highest BCUT2D eigenvalue weighted by Gasteiger charge is 2.53. The van der Waals surface area contributed by atoms with Crippen molar-refractivity contribution >= 4 is 17.3 Å². The van der Waals surface area contributed by atoms with E-state index in [0.717, 1.165) is 6.42 Å². The Morgan fingerprint density at radius 2 is 2.06 bits per heavy atom. The molecule has 2 saturated carbocycles. The van der Waals surface area contributed by atoms with E-state index in [0.29, 0.717) is 44.3 Å². The normalized spacial score (nSPS) is 35.7. The number of ketones is 3. The van der Waals surface area contributed by atoms with Crippen molar-refractivity contribution in [2.45, 2.75) is 58.8 Å². The first-order valence-electron chi connectivity index (χ1n) is 7.06. The highest BCUT2D eigenvalue weighted by Crippen LogP contribution is 2.52. The van der Waals surface area contributed by atoms with E-state index in [2.05, 4.69) is 0 Å². The van der Waals surface area contributed by atoms with Gasteiger partial charge < -0.3 is 0 Å². The van der Waals surface area contributed by atoms with Crippen LogP contribution in [0.3, 0.4) is 0 Å². The van der Waals surface area contributed by atoms with Gasteiger partial charge in [-0.15, -0.1) is 0 Å². The van der Waals surface area contributed by atoms with Crippen molar-refractivity contribution in [3.8, 4) is 0 Å². The van der Waals surface area contributed by atoms with Gasteiger partial charge in [-0.05, 0) is 25.2 Å². The molecule has 0 spiro atoms. The molecule has 2 aliphatic rings. The van der Waals surface area contributed by atoms with Crippen molar-refractivity contribution in [1.29, 1.82) is 0 Å². The Kier molecular flexibility index (Phi) is 3.69. The van der Waals surface area contributed by atoms with Crippen LogP contribution in [0.5, 0.6) is 0 Å². The number of carbonyl (C=O) groups is 3. The third kappa shape index (κ3) is 2.15. The fourth-order valence-corrected chi connectivity index (χ4v) is 3.72. The molecule has 2 rings (SSSR count). The molecule has 1 unspecified atom stereocenters. The second-order valence-corrected chi connectivity index (χ2v) is 5.99. The average Bonchev–Trinajstić information content (AvgIpc) is 2.65. The van der Waals surface area contributed by atoms with E-state index in [-0.39, 0.29) is 28.8 Å². The Morgan fingerprint density at radius 1 is 1.33 bits per heavy atom. The highest BCUT2D eigenvalue weighted by molar-refractivity contribution is 5.92. The zero-order chi connectivity index (χ0) is 13.3. The molecule has 0 saturated heterocycles. The molecule has 18 heavy (non-hydrogen) atoms. The molecule has 0 aromatic rings. The molecule has 3 heteroatoms. The molecule has 0 aromatic carbocycles. The van der Waals surface area contributed by atoms with Gasteiger partial charge in [0, 0.05) is 37.0 Å². The highest BCUT2D eigenvalue weighted by atomic mass is 16.1. The molecule has 2 fully saturated rings. The largest absolute Gasteiger partial charge is 0.300 e. The molecule has 0 radical (unpaired) electrons. The number of Topliss-reactive ketones (excluding diaryl/α,β-unsaturated/α-hetero) is 3. The lowest BCUT2D eigenvalue weighted by Crippen LogP contribution is -2.42. The van der Waals surface area contributed by atoms with Crippen LogP contribution < -0.4 is 0 Å². The molecular formula is C15H22O3. The van der Waals surface area contributed by atoms with Crippen LogP contribution in [0.4, 0.5) is 0 Å². The molecule has 0 heterocycles. The van der Waals surface area contributed by atoms with Gasteiger partial charge in [-0.25, -0.2) is 0 Å². The van der Waals surface area contributed by atoms with Crippen molar-refractivity contribution in [2.24, 2.45) is 17.3 Å². The van der Waals surface area contributed by atoms with E-state index in [4.69, 9.17) is 0 Å². The second-order valence-electron chi connectivity index (χ2n) is 5.99. The van der Waals surface area contributed by atoms with E-state index >= 15 is 0 Å². The van der Waals surface area contributed by atoms with Gasteiger partial charge in [0.1, 0.15) is 17.3 Å². The fraction of sp³-hybridized carbons (Fsp3) is 0.800. The monoisotopic (exact) mass is 250 g/mol. The maximum absolute atomic E-state index is 12.1. The molecule has 0 N–H and O–H groups in total. The average molecular weight is 250 g/mol. The summed E-state index contributed by atoms with van der Waals surface area (Å²) in [5.74, 6) is 0.962. The molecule has 3 nitrogen and oxygen atoms in total. The van der Waals surface area contributed by atoms with Crippen LogP contribution in [0.2, 0.25) is 0 Å². The fourth-order valence-electron chi connectivity index (χ4n) is 3.72. The Bertz CT molecular complexity index is 385. The summed E-state index contributed by atoms with van der Waals surface area (Å²) in [7, 11) is 0. The van der Waals surface area contributed by atoms with Gasteiger partial charge >= 0.3 is 0 Å². The van der Waals surface area contributed by atoms with E-state index in [1.54, 1.807) is 0 Å². The lowest BCUT2D eigenvalue weighted by molar-refractivity contribution is -0.137. The number of hydrogen-bond donors (Lipinski definition) is 0. The summed E-state index contributed by atoms with van der Waals surface area (Å²) in [6, 6.07) is 0. The van der Waals surface area contributed by atoms with Gasteiger partial charge in [0.15, 0.2) is 0 Å². The van der Waals surface area contributed by atoms with Gasteiger partial charge in [0.25, 0.3) is 0 Å². The quantitative estimate of drug-likeness (QED) is 0.770. The van der Waals surface area contributed by atoms with Gasteiger partial charge in [0.05, 0.1) is 0 Å². The van der Waals surface area contributed by atoms with Gasteiger partial charge in [-0.3, -0.25) is 14.4 Å². The predicted molar refractivity (Wildman–Crippen MR) is 68.1 cm³/mol. The summed E-state index contributed by atoms with van der Waals surface area (Å²) in [5, 5.41) is 0. The van der Waals surface area contributed by atoms with E-state index in [9.17, 15) is 14.4 Å². The minimum Gasteiger partial charge on any atom is -0.300 e. The second kappa shape index (κ2) is 4.94. The maximum Gasteiger partial charge on any atom is 0.139 e. The molecule has 0 bridgehead atoms. The van der Waals surface area contributed by atoms with E-state index < -0.39 is 0 Å². The van der Waals surface area contributed by atoms with Crippen LogP contribution in [-0.4, -0.2) is 17.3 Å². The Balaban J connectivity index is 2.10. The van der Waals surface area contributed by atoms with Crippen LogP contribution in [-0.2, 0) is 14.4 Å². The summed E-state index contributed by atoms with van der Waals surface area (Å²) < 4.78 is 0. The summed E-state index contributed by atoms with van der Waals surface area (Å²) in [6.45, 7) is 3.88. The standard InChI is InChI=1S/C15H22O3/c1-3-10(16)4-5-11-12-6-7-14(18)15(12,2)9-8-13(11)17/h11-12H,3-9H2,1-2H3/t11-,12?,15-/m0/s1. The Labute approximate surface area is 108 Å². The van der Waals surface area contributed by atoms with Crippen molar-refractivity contribution in [1.82, 2.24) is 0 Å². The van der Waals surface area contributed by atoms with E-state index in [1.165, 1.54) is 0 Å². The smallest absolute Gasteiger partial charge is 0.139 e. The molecule has 0 aromatic heterocycles. The topological polar surface area (TPSA) is 51.2 Å². The van der Waals surface area contributed by atoms with Crippen molar-refractivity contribution < 1.29 is 14.4 Å². The van der Waals surface area contributed by atoms with Crippen LogP contribution in [0.1, 0.15) is 58.8 Å². The lowest BCUT2D eigenvalue weighted by atomic mass is 9.62. The van der Waals surface area contributed by atoms with Crippen molar-refractivity contribution in [3.63, 3.8) is 0 Å².